The van der Waals surface area contributed by atoms with Crippen molar-refractivity contribution in [3.05, 3.63) is 40.9 Å². The van der Waals surface area contributed by atoms with Crippen molar-refractivity contribution in [3.63, 3.8) is 0 Å². The molecular formula is C19H21F3N2OS. The average molecular weight is 382 g/mol. The monoisotopic (exact) mass is 382 g/mol. The van der Waals surface area contributed by atoms with E-state index in [1.54, 1.807) is 23.4 Å². The van der Waals surface area contributed by atoms with Crippen LogP contribution in [0.4, 0.5) is 13.2 Å². The molecule has 0 bridgehead atoms. The summed E-state index contributed by atoms with van der Waals surface area (Å²) in [6.07, 6.45) is -0.226. The van der Waals surface area contributed by atoms with Crippen LogP contribution in [-0.4, -0.2) is 28.9 Å². The van der Waals surface area contributed by atoms with Crippen LogP contribution in [0.3, 0.4) is 0 Å². The molecule has 1 aromatic carbocycles. The van der Waals surface area contributed by atoms with E-state index >= 15 is 0 Å². The number of nitrogens with zero attached hydrogens (tertiary/aromatic N) is 2. The Hall–Kier alpha value is -1.89. The van der Waals surface area contributed by atoms with E-state index in [0.717, 1.165) is 37.8 Å². The van der Waals surface area contributed by atoms with Gasteiger partial charge in [-0.3, -0.25) is 4.79 Å². The molecule has 0 unspecified atom stereocenters. The third-order valence-electron chi connectivity index (χ3n) is 5.01. The summed E-state index contributed by atoms with van der Waals surface area (Å²) in [4.78, 5) is 18.7. The highest BCUT2D eigenvalue weighted by molar-refractivity contribution is 7.13. The lowest BCUT2D eigenvalue weighted by Crippen LogP contribution is -2.39. The molecule has 26 heavy (non-hydrogen) atoms. The number of hydrogen-bond acceptors (Lipinski definition) is 3. The molecule has 0 N–H and O–H groups in total. The van der Waals surface area contributed by atoms with Gasteiger partial charge in [-0.15, -0.1) is 11.3 Å². The maximum atomic E-state index is 12.9. The lowest BCUT2D eigenvalue weighted by molar-refractivity contribution is -0.137. The summed E-state index contributed by atoms with van der Waals surface area (Å²) >= 11 is 1.19. The Bertz CT molecular complexity index is 779. The van der Waals surface area contributed by atoms with Gasteiger partial charge in [0.05, 0.1) is 5.56 Å². The van der Waals surface area contributed by atoms with Crippen LogP contribution >= 0.6 is 11.3 Å². The van der Waals surface area contributed by atoms with Crippen molar-refractivity contribution in [2.24, 2.45) is 5.92 Å². The number of carbonyl (C=O) groups excluding carboxylic acids is 1. The summed E-state index contributed by atoms with van der Waals surface area (Å²) in [6, 6.07) is 5.24. The summed E-state index contributed by atoms with van der Waals surface area (Å²) < 4.78 is 38.6. The Balaban J connectivity index is 1.76. The molecule has 1 aliphatic rings. The van der Waals surface area contributed by atoms with Gasteiger partial charge in [0.15, 0.2) is 0 Å². The van der Waals surface area contributed by atoms with Crippen LogP contribution in [0.1, 0.15) is 48.7 Å². The van der Waals surface area contributed by atoms with Crippen molar-refractivity contribution in [2.45, 2.75) is 44.8 Å². The molecule has 0 saturated heterocycles. The molecule has 2 aromatic rings. The Morgan fingerprint density at radius 1 is 1.23 bits per heavy atom. The van der Waals surface area contributed by atoms with Crippen LogP contribution in [0.2, 0.25) is 0 Å². The molecule has 0 spiro atoms. The van der Waals surface area contributed by atoms with Gasteiger partial charge in [-0.05, 0) is 43.7 Å². The number of amides is 1. The van der Waals surface area contributed by atoms with Gasteiger partial charge >= 0.3 is 6.18 Å². The van der Waals surface area contributed by atoms with Crippen LogP contribution in [0.25, 0.3) is 10.6 Å². The van der Waals surface area contributed by atoms with E-state index in [1.165, 1.54) is 17.4 Å². The topological polar surface area (TPSA) is 33.2 Å². The highest BCUT2D eigenvalue weighted by Gasteiger charge is 2.31. The van der Waals surface area contributed by atoms with Crippen LogP contribution < -0.4 is 0 Å². The minimum absolute atomic E-state index is 0.168. The van der Waals surface area contributed by atoms with Gasteiger partial charge in [0.25, 0.3) is 5.91 Å². The molecule has 3 rings (SSSR count). The summed E-state index contributed by atoms with van der Waals surface area (Å²) in [5.74, 6) is 0.528. The summed E-state index contributed by atoms with van der Waals surface area (Å²) in [5, 5.41) is 2.05. The summed E-state index contributed by atoms with van der Waals surface area (Å²) in [5.41, 5.74) is -0.0481. The average Bonchev–Trinajstić information content (AvgIpc) is 3.10. The first kappa shape index (κ1) is 18.9. The van der Waals surface area contributed by atoms with Crippen molar-refractivity contribution in [1.82, 2.24) is 9.88 Å². The van der Waals surface area contributed by atoms with Crippen LogP contribution in [0.5, 0.6) is 0 Å². The summed E-state index contributed by atoms with van der Waals surface area (Å²) in [7, 11) is 1.78. The number of rotatable bonds is 3. The summed E-state index contributed by atoms with van der Waals surface area (Å²) in [6.45, 7) is 2.22. The van der Waals surface area contributed by atoms with Gasteiger partial charge in [0.1, 0.15) is 10.7 Å². The van der Waals surface area contributed by atoms with Crippen molar-refractivity contribution in [1.29, 1.82) is 0 Å². The Labute approximate surface area is 154 Å². The van der Waals surface area contributed by atoms with E-state index in [2.05, 4.69) is 11.9 Å². The minimum atomic E-state index is -4.40. The molecule has 1 fully saturated rings. The van der Waals surface area contributed by atoms with Crippen molar-refractivity contribution >= 4 is 17.2 Å². The zero-order chi connectivity index (χ0) is 18.9. The number of alkyl halides is 3. The maximum Gasteiger partial charge on any atom is 0.416 e. The van der Waals surface area contributed by atoms with Crippen LogP contribution in [-0.2, 0) is 6.18 Å². The van der Waals surface area contributed by atoms with Gasteiger partial charge in [0, 0.05) is 24.0 Å². The Morgan fingerprint density at radius 3 is 2.58 bits per heavy atom. The number of aromatic nitrogens is 1. The molecule has 0 radical (unpaired) electrons. The molecule has 3 nitrogen and oxygen atoms in total. The van der Waals surface area contributed by atoms with E-state index in [0.29, 0.717) is 22.2 Å². The molecule has 1 aliphatic carbocycles. The predicted octanol–water partition coefficient (Wildman–Crippen LogP) is 5.48. The van der Waals surface area contributed by atoms with Crippen LogP contribution in [0, 0.1) is 5.92 Å². The fourth-order valence-corrected chi connectivity index (χ4v) is 4.10. The van der Waals surface area contributed by atoms with Gasteiger partial charge in [-0.25, -0.2) is 4.98 Å². The third-order valence-corrected chi connectivity index (χ3v) is 5.90. The number of thiazole rings is 1. The molecule has 0 atom stereocenters. The zero-order valence-electron chi connectivity index (χ0n) is 14.7. The highest BCUT2D eigenvalue weighted by Crippen LogP contribution is 2.33. The van der Waals surface area contributed by atoms with Crippen molar-refractivity contribution < 1.29 is 18.0 Å². The zero-order valence-corrected chi connectivity index (χ0v) is 15.5. The van der Waals surface area contributed by atoms with E-state index in [1.807, 2.05) is 0 Å². The second-order valence-corrected chi connectivity index (χ2v) is 7.80. The Morgan fingerprint density at radius 2 is 1.92 bits per heavy atom. The normalized spacial score (nSPS) is 20.8. The quantitative estimate of drug-likeness (QED) is 0.704. The molecular weight excluding hydrogens is 361 g/mol. The van der Waals surface area contributed by atoms with E-state index in [4.69, 9.17) is 0 Å². The second kappa shape index (κ2) is 7.39. The molecule has 1 aromatic heterocycles. The second-order valence-electron chi connectivity index (χ2n) is 6.95. The van der Waals surface area contributed by atoms with Gasteiger partial charge < -0.3 is 4.90 Å². The molecule has 0 aliphatic heterocycles. The van der Waals surface area contributed by atoms with Crippen molar-refractivity contribution in [2.75, 3.05) is 7.05 Å². The largest absolute Gasteiger partial charge is 0.416 e. The predicted molar refractivity (Wildman–Crippen MR) is 96.1 cm³/mol. The fraction of sp³-hybridized carbons (Fsp3) is 0.474. The van der Waals surface area contributed by atoms with E-state index < -0.39 is 11.7 Å². The Kier molecular flexibility index (Phi) is 5.37. The molecule has 7 heteroatoms. The highest BCUT2D eigenvalue weighted by atomic mass is 32.1. The molecule has 1 saturated carbocycles. The molecule has 1 amide bonds. The van der Waals surface area contributed by atoms with E-state index in [9.17, 15) is 18.0 Å². The minimum Gasteiger partial charge on any atom is -0.337 e. The van der Waals surface area contributed by atoms with E-state index in [-0.39, 0.29) is 11.9 Å². The smallest absolute Gasteiger partial charge is 0.337 e. The first-order valence-corrected chi connectivity index (χ1v) is 9.54. The SMILES string of the molecule is CC1CCC(N(C)C(=O)c2csc(-c3cccc(C(F)(F)F)c3)n2)CC1. The first-order chi connectivity index (χ1) is 12.3. The standard InChI is InChI=1S/C19H21F3N2OS/c1-12-6-8-15(9-7-12)24(2)18(25)16-11-26-17(23-16)13-4-3-5-14(10-13)19(20,21)22/h3-5,10-12,15H,6-9H2,1-2H3. The van der Waals surface area contributed by atoms with Gasteiger partial charge in [-0.1, -0.05) is 19.1 Å². The molecule has 140 valence electrons. The number of carbonyl (C=O) groups is 1. The number of benzene rings is 1. The molecule has 1 heterocycles. The van der Waals surface area contributed by atoms with Crippen LogP contribution in [0.15, 0.2) is 29.6 Å². The number of hydrogen-bond donors (Lipinski definition) is 0. The number of halogens is 3. The van der Waals surface area contributed by atoms with Gasteiger partial charge in [-0.2, -0.15) is 13.2 Å². The fourth-order valence-electron chi connectivity index (χ4n) is 3.31. The first-order valence-electron chi connectivity index (χ1n) is 8.66. The lowest BCUT2D eigenvalue weighted by atomic mass is 9.87. The van der Waals surface area contributed by atoms with Gasteiger partial charge in [0.2, 0.25) is 0 Å². The third kappa shape index (κ3) is 4.09. The lowest BCUT2D eigenvalue weighted by Gasteiger charge is -2.33. The van der Waals surface area contributed by atoms with Crippen molar-refractivity contribution in [3.8, 4) is 10.6 Å². The maximum absolute atomic E-state index is 12.9.